The Morgan fingerprint density at radius 2 is 1.70 bits per heavy atom. The van der Waals surface area contributed by atoms with Crippen LogP contribution in [-0.4, -0.2) is 116 Å². The quantitative estimate of drug-likeness (QED) is 0.0575. The number of anilines is 2. The van der Waals surface area contributed by atoms with Crippen LogP contribution in [0.1, 0.15) is 127 Å². The highest BCUT2D eigenvalue weighted by atomic mass is 32.2. The van der Waals surface area contributed by atoms with Crippen molar-refractivity contribution in [3.8, 4) is 17.2 Å². The number of piperazine rings is 1. The molecule has 5 aromatic rings. The van der Waals surface area contributed by atoms with Crippen molar-refractivity contribution < 1.29 is 43.0 Å². The highest BCUT2D eigenvalue weighted by Crippen LogP contribution is 2.53. The van der Waals surface area contributed by atoms with Gasteiger partial charge in [-0.1, -0.05) is 44.7 Å². The molecule has 2 aliphatic heterocycles. The fourth-order valence-corrected chi connectivity index (χ4v) is 12.9. The van der Waals surface area contributed by atoms with Crippen molar-refractivity contribution in [1.29, 1.82) is 0 Å². The molecular formula is C59H69FN8O8S. The van der Waals surface area contributed by atoms with Crippen molar-refractivity contribution in [3.63, 3.8) is 0 Å². The van der Waals surface area contributed by atoms with E-state index in [9.17, 15) is 29.3 Å². The molecule has 18 heteroatoms. The number of pyridine rings is 2. The lowest BCUT2D eigenvalue weighted by molar-refractivity contribution is -0.751. The normalized spacial score (nSPS) is 22.3. The van der Waals surface area contributed by atoms with Crippen LogP contribution in [0.25, 0.3) is 11.4 Å². The highest BCUT2D eigenvalue weighted by Gasteiger charge is 2.50. The molecule has 0 radical (unpaired) electrons. The number of allylic oxidation sites excluding steroid dienone is 2. The van der Waals surface area contributed by atoms with Gasteiger partial charge in [0.25, 0.3) is 11.8 Å². The van der Waals surface area contributed by atoms with Crippen LogP contribution in [0, 0.1) is 16.5 Å². The number of hydroxylamine groups is 2. The van der Waals surface area contributed by atoms with E-state index in [4.69, 9.17) is 9.47 Å². The Morgan fingerprint density at radius 1 is 0.974 bits per heavy atom. The second kappa shape index (κ2) is 22.1. The van der Waals surface area contributed by atoms with Crippen LogP contribution in [0.5, 0.6) is 17.2 Å². The summed E-state index contributed by atoms with van der Waals surface area (Å²) < 4.78 is 40.8. The molecule has 0 bridgehead atoms. The van der Waals surface area contributed by atoms with Crippen LogP contribution in [0.2, 0.25) is 0 Å². The summed E-state index contributed by atoms with van der Waals surface area (Å²) in [5.41, 5.74) is 4.44. The third-order valence-corrected chi connectivity index (χ3v) is 17.8. The Hall–Kier alpha value is -6.54. The van der Waals surface area contributed by atoms with Gasteiger partial charge in [0.2, 0.25) is 0 Å². The molecule has 2 saturated carbocycles. The summed E-state index contributed by atoms with van der Waals surface area (Å²) in [5.74, 6) is 0.200. The number of nitrogens with one attached hydrogen (secondary N) is 2. The standard InChI is InChI=1S/C59H69FN8O8S/c1-37(2)46-9-7-8-10-47(46)52-36-66(56(69)40-11-14-43(75-6)15-12-40)25-26-67(52)42-31-59(32-42)21-23-65(24-22-59)41-13-16-48(53(28-41)76-44-29-49-50(60)27-38(3)54(49)61-34-44)57(70)68(73)77(74)45-30-51(64(5)72)55(63-35-45)62-33-39-17-19-58(4,71)20-18-39/h7-16,27-30,34-35,37,39,42,52,64,71,73H,3,17-26,31-33,36H2,1-2,4-6H3,(H,62,63)/t39?,52-,58?,77?/m0/s1. The summed E-state index contributed by atoms with van der Waals surface area (Å²) >= 11 is 0. The minimum absolute atomic E-state index is 0.0206. The molecule has 4 N–H and O–H groups in total. The van der Waals surface area contributed by atoms with Gasteiger partial charge in [0.15, 0.2) is 22.5 Å². The Morgan fingerprint density at radius 3 is 2.40 bits per heavy atom. The van der Waals surface area contributed by atoms with Crippen molar-refractivity contribution >= 4 is 51.4 Å². The number of nitrogens with zero attached hydrogens (tertiary/aromatic N) is 6. The van der Waals surface area contributed by atoms with Crippen molar-refractivity contribution in [3.05, 3.63) is 143 Å². The van der Waals surface area contributed by atoms with Gasteiger partial charge in [0, 0.05) is 80.5 Å². The van der Waals surface area contributed by atoms with E-state index >= 15 is 4.39 Å². The van der Waals surface area contributed by atoms with Crippen LogP contribution in [0.15, 0.2) is 109 Å². The molecular weight excluding hydrogens is 1000 g/mol. The molecule has 10 rings (SSSR count). The van der Waals surface area contributed by atoms with Crippen molar-refractivity contribution in [2.24, 2.45) is 11.3 Å². The first kappa shape index (κ1) is 53.8. The molecule has 3 aliphatic carbocycles. The SMILES string of the molecule is C=C1C=C(F)c2cc(Oc3cc(N4CCC5(CC4)CC(N4CCN(C(=O)c6ccc(OC)cc6)C[C@H]4c4ccccc4C(C)C)C5)ccc3C(=O)N(O)S(=O)c3cnc(NCC4CCC(C)(O)CC4)c([NH+](C)[O-])c3)cnc21. The number of piperidine rings is 1. The number of hydrogen-bond donors (Lipinski definition) is 4. The maximum atomic E-state index is 15.0. The number of hydrogen-bond acceptors (Lipinski definition) is 13. The summed E-state index contributed by atoms with van der Waals surface area (Å²) in [4.78, 5) is 43.9. The summed E-state index contributed by atoms with van der Waals surface area (Å²) in [6, 6.07) is 24.2. The maximum Gasteiger partial charge on any atom is 0.293 e. The molecule has 2 amide bonds. The summed E-state index contributed by atoms with van der Waals surface area (Å²) in [5, 5.41) is 37.5. The first-order chi connectivity index (χ1) is 36.9. The monoisotopic (exact) mass is 1070 g/mol. The summed E-state index contributed by atoms with van der Waals surface area (Å²) in [6.07, 6.45) is 10.9. The van der Waals surface area contributed by atoms with E-state index in [1.165, 1.54) is 54.8 Å². The number of fused-ring (bicyclic) bond motifs is 1. The molecule has 3 atom stereocenters. The lowest BCUT2D eigenvalue weighted by Gasteiger charge is -2.58. The lowest BCUT2D eigenvalue weighted by Crippen LogP contribution is -2.98. The number of quaternary nitrogens is 1. The van der Waals surface area contributed by atoms with E-state index in [-0.39, 0.29) is 66.0 Å². The van der Waals surface area contributed by atoms with Crippen LogP contribution < -0.4 is 24.8 Å². The third-order valence-electron chi connectivity index (χ3n) is 16.7. The number of aliphatic hydroxyl groups is 1. The Kier molecular flexibility index (Phi) is 15.4. The van der Waals surface area contributed by atoms with Gasteiger partial charge in [-0.15, -0.1) is 4.47 Å². The number of aromatic nitrogens is 2. The maximum absolute atomic E-state index is 15.0. The zero-order valence-corrected chi connectivity index (χ0v) is 45.3. The number of methoxy groups -OCH3 is 1. The number of ether oxygens (including phenoxy) is 2. The number of amides is 2. The van der Waals surface area contributed by atoms with Crippen molar-refractivity contribution in [2.75, 3.05) is 63.6 Å². The van der Waals surface area contributed by atoms with Crippen molar-refractivity contribution in [1.82, 2.24) is 24.2 Å². The van der Waals surface area contributed by atoms with E-state index in [0.717, 1.165) is 63.8 Å². The predicted molar refractivity (Wildman–Crippen MR) is 294 cm³/mol. The zero-order valence-electron chi connectivity index (χ0n) is 44.5. The molecule has 406 valence electrons. The molecule has 2 aromatic heterocycles. The largest absolute Gasteiger partial charge is 0.629 e. The molecule has 4 heterocycles. The number of carbonyl (C=O) groups excluding carboxylic acids is 2. The van der Waals surface area contributed by atoms with E-state index in [2.05, 4.69) is 69.8 Å². The van der Waals surface area contributed by atoms with Gasteiger partial charge in [-0.3, -0.25) is 24.7 Å². The van der Waals surface area contributed by atoms with Gasteiger partial charge in [0.1, 0.15) is 23.1 Å². The van der Waals surface area contributed by atoms with Gasteiger partial charge >= 0.3 is 0 Å². The molecule has 4 fully saturated rings. The van der Waals surface area contributed by atoms with Crippen LogP contribution in [0.3, 0.4) is 0 Å². The topological polar surface area (TPSA) is 188 Å². The Labute approximate surface area is 452 Å². The van der Waals surface area contributed by atoms with Crippen LogP contribution >= 0.6 is 0 Å². The van der Waals surface area contributed by atoms with Crippen LogP contribution in [0.4, 0.5) is 21.6 Å². The van der Waals surface area contributed by atoms with Crippen LogP contribution in [-0.2, 0) is 11.0 Å². The van der Waals surface area contributed by atoms with Gasteiger partial charge in [-0.2, -0.15) is 0 Å². The fourth-order valence-electron chi connectivity index (χ4n) is 12.1. The number of carbonyl (C=O) groups is 2. The Balaban J connectivity index is 0.846. The first-order valence-electron chi connectivity index (χ1n) is 26.7. The Bertz CT molecular complexity index is 3090. The molecule has 2 unspecified atom stereocenters. The fraction of sp³-hybridized carbons (Fsp3) is 0.424. The number of rotatable bonds is 15. The molecule has 2 saturated heterocycles. The van der Waals surface area contributed by atoms with E-state index in [1.54, 1.807) is 19.2 Å². The number of benzene rings is 3. The second-order valence-corrected chi connectivity index (χ2v) is 23.5. The van der Waals surface area contributed by atoms with Gasteiger partial charge in [-0.05, 0) is 141 Å². The minimum atomic E-state index is -2.52. The first-order valence-corrected chi connectivity index (χ1v) is 27.8. The number of halogens is 1. The van der Waals surface area contributed by atoms with E-state index < -0.39 is 28.3 Å². The molecule has 1 spiro atoms. The average Bonchev–Trinajstić information content (AvgIpc) is 3.76. The van der Waals surface area contributed by atoms with E-state index in [0.29, 0.717) is 72.8 Å². The summed E-state index contributed by atoms with van der Waals surface area (Å²) in [7, 11) is 0.455. The summed E-state index contributed by atoms with van der Waals surface area (Å²) in [6.45, 7) is 14.2. The van der Waals surface area contributed by atoms with Crippen molar-refractivity contribution in [2.45, 2.75) is 101 Å². The second-order valence-electron chi connectivity index (χ2n) is 22.2. The van der Waals surface area contributed by atoms with Gasteiger partial charge in [-0.25, -0.2) is 13.6 Å². The molecule has 77 heavy (non-hydrogen) atoms. The minimum Gasteiger partial charge on any atom is -0.629 e. The average molecular weight is 1070 g/mol. The third kappa shape index (κ3) is 11.3. The highest BCUT2D eigenvalue weighted by molar-refractivity contribution is 7.83. The molecule has 16 nitrogen and oxygen atoms in total. The smallest absolute Gasteiger partial charge is 0.293 e. The molecule has 5 aliphatic rings. The predicted octanol–water partition coefficient (Wildman–Crippen LogP) is 9.24. The van der Waals surface area contributed by atoms with Gasteiger partial charge in [0.05, 0.1) is 48.2 Å². The lowest BCUT2D eigenvalue weighted by atomic mass is 9.59. The van der Waals surface area contributed by atoms with Gasteiger partial charge < -0.3 is 40.0 Å². The zero-order chi connectivity index (χ0) is 54.3. The van der Waals surface area contributed by atoms with E-state index in [1.807, 2.05) is 36.1 Å². The molecule has 3 aromatic carbocycles.